The molecule has 0 fully saturated rings. The van der Waals surface area contributed by atoms with E-state index in [1.54, 1.807) is 58.0 Å². The molecule has 0 aliphatic rings. The molecule has 0 aliphatic heterocycles. The minimum absolute atomic E-state index is 0.0349. The summed E-state index contributed by atoms with van der Waals surface area (Å²) in [5.74, 6) is -18.4. The number of amides is 13. The predicted molar refractivity (Wildman–Crippen MR) is 338 cm³/mol. The summed E-state index contributed by atoms with van der Waals surface area (Å²) >= 11 is 0. The third-order valence-corrected chi connectivity index (χ3v) is 14.5. The van der Waals surface area contributed by atoms with Crippen LogP contribution in [0.2, 0.25) is 0 Å². The molecule has 1 aromatic carbocycles. The van der Waals surface area contributed by atoms with Crippen molar-refractivity contribution in [3.05, 3.63) is 54.1 Å². The third-order valence-electron chi connectivity index (χ3n) is 14.5. The fraction of sp³-hybridized carbons (Fsp3) is 0.600. The normalized spacial score (nSPS) is 16.0. The number of carboxylic acid groups (broad SMARTS) is 2. The number of aliphatic hydroxyl groups excluding tert-OH is 3. The monoisotopic (exact) mass is 1360 g/mol. The van der Waals surface area contributed by atoms with E-state index in [0.29, 0.717) is 5.56 Å². The number of aromatic nitrogens is 2. The summed E-state index contributed by atoms with van der Waals surface area (Å²) < 4.78 is 0. The second-order valence-corrected chi connectivity index (χ2v) is 24.5. The number of carbonyl (C=O) groups is 15. The van der Waals surface area contributed by atoms with Crippen molar-refractivity contribution in [2.24, 2.45) is 35.0 Å². The van der Waals surface area contributed by atoms with E-state index in [4.69, 9.17) is 22.3 Å². The lowest BCUT2D eigenvalue weighted by molar-refractivity contribution is -0.145. The maximum Gasteiger partial charge on any atom is 0.328 e. The number of nitrogens with zero attached hydrogens (tertiary/aromatic N) is 1. The van der Waals surface area contributed by atoms with Gasteiger partial charge < -0.3 is 106 Å². The number of rotatable bonds is 42. The number of hydrogen-bond donors (Lipinski definition) is 20. The fourth-order valence-electron chi connectivity index (χ4n) is 9.28. The molecule has 0 radical (unpaired) electrons. The lowest BCUT2D eigenvalue weighted by Crippen LogP contribution is -2.63. The van der Waals surface area contributed by atoms with Crippen molar-refractivity contribution in [2.45, 2.75) is 211 Å². The molecular formula is C60H94N16O20. The number of benzene rings is 1. The zero-order valence-corrected chi connectivity index (χ0v) is 55.1. The van der Waals surface area contributed by atoms with Crippen LogP contribution in [-0.4, -0.2) is 215 Å². The van der Waals surface area contributed by atoms with Crippen LogP contribution in [0.15, 0.2) is 42.9 Å². The number of nitrogens with one attached hydrogen (secondary N) is 12. The fourth-order valence-corrected chi connectivity index (χ4v) is 9.28. The zero-order valence-electron chi connectivity index (χ0n) is 55.1. The maximum absolute atomic E-state index is 14.3. The molecule has 1 aromatic heterocycles. The van der Waals surface area contributed by atoms with E-state index in [9.17, 15) is 92.3 Å². The Morgan fingerprint density at radius 1 is 0.448 bits per heavy atom. The van der Waals surface area contributed by atoms with Gasteiger partial charge in [0.15, 0.2) is 6.04 Å². The minimum Gasteiger partial charge on any atom is -0.481 e. The van der Waals surface area contributed by atoms with Crippen molar-refractivity contribution < 1.29 is 97.5 Å². The Morgan fingerprint density at radius 3 is 1.25 bits per heavy atom. The summed E-state index contributed by atoms with van der Waals surface area (Å²) in [4.78, 5) is 206. The smallest absolute Gasteiger partial charge is 0.328 e. The van der Waals surface area contributed by atoms with Crippen LogP contribution in [0.3, 0.4) is 0 Å². The van der Waals surface area contributed by atoms with Gasteiger partial charge in [-0.1, -0.05) is 71.9 Å². The van der Waals surface area contributed by atoms with Gasteiger partial charge in [-0.3, -0.25) is 67.1 Å². The Labute approximate surface area is 553 Å². The van der Waals surface area contributed by atoms with Gasteiger partial charge in [0, 0.05) is 31.2 Å². The number of nitrogens with two attached hydrogens (primary N) is 3. The Morgan fingerprint density at radius 2 is 0.823 bits per heavy atom. The molecule has 0 saturated heterocycles. The highest BCUT2D eigenvalue weighted by atomic mass is 16.4. The molecule has 0 spiro atoms. The van der Waals surface area contributed by atoms with Crippen molar-refractivity contribution in [3.8, 4) is 0 Å². The predicted octanol–water partition coefficient (Wildman–Crippen LogP) is -6.53. The lowest BCUT2D eigenvalue weighted by atomic mass is 10.00. The van der Waals surface area contributed by atoms with Gasteiger partial charge in [-0.2, -0.15) is 0 Å². The topological polar surface area (TPSA) is 596 Å². The first-order valence-electron chi connectivity index (χ1n) is 30.9. The standard InChI is InChI=1S/C60H94N16O20/c1-26(2)18-36(68-53(88)39(21-34-24-64-25-65-34)71-59(94)47(31(9)78)75-56(91)40(22-42(62)80)69-52(87)37(19-27(3)4)67-50(85)35(61)16-17-44(82)83)51(86)66-29(7)49(84)74-46(30(8)77)58(93)72-41(23-43(63)81)55(90)73-45(28(5)6)57(92)70-38(20-33-14-12-11-13-15-33)54(89)76-48(32(10)79)60(95)96/h11-15,24-32,35-41,45-48,77-79H,16-23,61H2,1-10H3,(H2,62,80)(H2,63,81)(H,64,65)(H,66,86)(H,67,85)(H,68,88)(H,69,87)(H,70,92)(H,71,94)(H,72,93)(H,73,90)(H,74,84)(H,75,91)(H,76,89)(H,82,83)(H,95,96)/t29-,30+,31+,32+,35-,36-,37-,38-,39-,40-,41-,45-,46-,47-,48-/m0/s1. The van der Waals surface area contributed by atoms with Crippen molar-refractivity contribution in [1.82, 2.24) is 68.5 Å². The number of aliphatic carboxylic acids is 2. The molecule has 0 saturated carbocycles. The maximum atomic E-state index is 14.3. The van der Waals surface area contributed by atoms with Crippen molar-refractivity contribution in [3.63, 3.8) is 0 Å². The number of carboxylic acids is 2. The van der Waals surface area contributed by atoms with Crippen LogP contribution in [0.25, 0.3) is 0 Å². The SMILES string of the molecule is CC(C)C[C@H](NC(=O)[C@H](Cc1cnc[nH]1)NC(=O)[C@@H](NC(=O)[C@H](CC(N)=O)NC(=O)[C@H](CC(C)C)NC(=O)[C@@H](N)CCC(=O)O)[C@@H](C)O)C(=O)N[C@@H](C)C(=O)N[C@H](C(=O)N[C@@H](CC(N)=O)C(=O)N[C@H](C(=O)N[C@@H](Cc1ccccc1)C(=O)N[C@H](C(=O)O)[C@@H](C)O)C(C)C)[C@@H](C)O. The summed E-state index contributed by atoms with van der Waals surface area (Å²) in [5.41, 5.74) is 17.5. The summed E-state index contributed by atoms with van der Waals surface area (Å²) in [5, 5.41) is 76.2. The van der Waals surface area contributed by atoms with Crippen LogP contribution in [0, 0.1) is 17.8 Å². The molecule has 0 bridgehead atoms. The Kier molecular flexibility index (Phi) is 34.2. The summed E-state index contributed by atoms with van der Waals surface area (Å²) in [7, 11) is 0. The van der Waals surface area contributed by atoms with Crippen LogP contribution in [0.4, 0.5) is 0 Å². The first-order valence-corrected chi connectivity index (χ1v) is 30.9. The van der Waals surface area contributed by atoms with E-state index in [0.717, 1.165) is 20.8 Å². The van der Waals surface area contributed by atoms with Gasteiger partial charge in [0.1, 0.15) is 60.4 Å². The van der Waals surface area contributed by atoms with Crippen LogP contribution < -0.4 is 75.7 Å². The summed E-state index contributed by atoms with van der Waals surface area (Å²) in [6, 6.07) is -11.6. The second-order valence-electron chi connectivity index (χ2n) is 24.5. The molecule has 36 heteroatoms. The van der Waals surface area contributed by atoms with Gasteiger partial charge in [-0.05, 0) is 70.3 Å². The van der Waals surface area contributed by atoms with Crippen LogP contribution >= 0.6 is 0 Å². The number of aromatic amines is 1. The number of imidazole rings is 1. The Bertz CT molecular complexity index is 3020. The average Bonchev–Trinajstić information content (AvgIpc) is 1.27. The first kappa shape index (κ1) is 82.4. The number of carbonyl (C=O) groups excluding carboxylic acids is 13. The van der Waals surface area contributed by atoms with Crippen molar-refractivity contribution >= 4 is 88.7 Å². The van der Waals surface area contributed by atoms with E-state index in [1.807, 2.05) is 0 Å². The van der Waals surface area contributed by atoms with Crippen LogP contribution in [0.1, 0.15) is 119 Å². The van der Waals surface area contributed by atoms with Gasteiger partial charge in [0.2, 0.25) is 76.8 Å². The molecular weight excluding hydrogens is 1260 g/mol. The molecule has 13 amide bonds. The minimum atomic E-state index is -1.93. The van der Waals surface area contributed by atoms with Crippen molar-refractivity contribution in [2.75, 3.05) is 0 Å². The second kappa shape index (κ2) is 39.9. The van der Waals surface area contributed by atoms with E-state index in [-0.39, 0.29) is 49.6 Å². The first-order chi connectivity index (χ1) is 44.7. The molecule has 1 heterocycles. The van der Waals surface area contributed by atoms with Crippen molar-refractivity contribution in [1.29, 1.82) is 0 Å². The molecule has 2 rings (SSSR count). The van der Waals surface area contributed by atoms with E-state index in [2.05, 4.69) is 68.5 Å². The number of aliphatic hydroxyl groups is 3. The zero-order chi connectivity index (χ0) is 73.0. The summed E-state index contributed by atoms with van der Waals surface area (Å²) in [6.45, 7) is 14.2. The molecule has 0 unspecified atom stereocenters. The Hall–Kier alpha value is -9.68. The molecule has 0 aliphatic carbocycles. The van der Waals surface area contributed by atoms with Crippen LogP contribution in [0.5, 0.6) is 0 Å². The van der Waals surface area contributed by atoms with E-state index >= 15 is 0 Å². The van der Waals surface area contributed by atoms with E-state index < -0.39 is 205 Å². The largest absolute Gasteiger partial charge is 0.481 e. The quantitative estimate of drug-likeness (QED) is 0.0294. The van der Waals surface area contributed by atoms with E-state index in [1.165, 1.54) is 33.3 Å². The molecule has 15 atom stereocenters. The molecule has 36 nitrogen and oxygen atoms in total. The highest BCUT2D eigenvalue weighted by Gasteiger charge is 2.39. The van der Waals surface area contributed by atoms with Crippen LogP contribution in [-0.2, 0) is 84.8 Å². The number of H-pyrrole nitrogens is 1. The lowest BCUT2D eigenvalue weighted by Gasteiger charge is -2.29. The van der Waals surface area contributed by atoms with Gasteiger partial charge in [0.05, 0.1) is 43.5 Å². The number of primary amides is 2. The van der Waals surface area contributed by atoms with Gasteiger partial charge >= 0.3 is 11.9 Å². The Balaban J connectivity index is 2.37. The summed E-state index contributed by atoms with van der Waals surface area (Å²) in [6.07, 6.45) is -5.73. The third kappa shape index (κ3) is 28.9. The van der Waals surface area contributed by atoms with Gasteiger partial charge in [0.25, 0.3) is 0 Å². The molecule has 2 aromatic rings. The van der Waals surface area contributed by atoms with Gasteiger partial charge in [-0.25, -0.2) is 9.78 Å². The highest BCUT2D eigenvalue weighted by Crippen LogP contribution is 2.13. The molecule has 534 valence electrons. The van der Waals surface area contributed by atoms with Gasteiger partial charge in [-0.15, -0.1) is 0 Å². The molecule has 23 N–H and O–H groups in total. The highest BCUT2D eigenvalue weighted by molar-refractivity contribution is 6.01. The number of hydrogen-bond acceptors (Lipinski definition) is 20. The average molecular weight is 1360 g/mol. The molecule has 96 heavy (non-hydrogen) atoms.